The van der Waals surface area contributed by atoms with Crippen LogP contribution in [-0.2, 0) is 27.2 Å². The predicted molar refractivity (Wildman–Crippen MR) is 145 cm³/mol. The number of Topliss-reactive ketones (excluding diaryl/α,β-unsaturated/α-hetero) is 2. The summed E-state index contributed by atoms with van der Waals surface area (Å²) in [6, 6.07) is 9.80. The molecule has 1 saturated carbocycles. The number of ketones is 2. The van der Waals surface area contributed by atoms with Gasteiger partial charge in [-0.05, 0) is 69.8 Å². The number of nitrogens with zero attached hydrogens (tertiary/aromatic N) is 3. The number of likely N-dealkylation sites (tertiary alicyclic amines) is 1. The zero-order valence-corrected chi connectivity index (χ0v) is 22.4. The first kappa shape index (κ1) is 27.0. The van der Waals surface area contributed by atoms with Crippen LogP contribution in [0.25, 0.3) is 0 Å². The highest BCUT2D eigenvalue weighted by molar-refractivity contribution is 5.94. The molecule has 7 heteroatoms. The van der Waals surface area contributed by atoms with Gasteiger partial charge in [0.15, 0.2) is 5.78 Å². The van der Waals surface area contributed by atoms with Crippen LogP contribution < -0.4 is 0 Å². The summed E-state index contributed by atoms with van der Waals surface area (Å²) in [7, 11) is 3.90. The third-order valence-electron chi connectivity index (χ3n) is 7.52. The van der Waals surface area contributed by atoms with Crippen molar-refractivity contribution < 1.29 is 14.4 Å². The molecule has 1 saturated heterocycles. The molecule has 1 aliphatic heterocycles. The highest BCUT2D eigenvalue weighted by Crippen LogP contribution is 2.39. The molecule has 0 spiro atoms. The summed E-state index contributed by atoms with van der Waals surface area (Å²) in [5.74, 6) is 0.658. The van der Waals surface area contributed by atoms with Crippen LogP contribution in [0.3, 0.4) is 0 Å². The molecule has 2 atom stereocenters. The number of aryl methyl sites for hydroxylation is 2. The van der Waals surface area contributed by atoms with Gasteiger partial charge >= 0.3 is 0 Å². The van der Waals surface area contributed by atoms with E-state index in [0.717, 1.165) is 35.4 Å². The van der Waals surface area contributed by atoms with Crippen LogP contribution in [0, 0.1) is 0 Å². The standard InChI is InChI=1S/C30H40N4O3/c1-21(28(35)16-14-25-20-26(32-31-25)23-12-13-23)24-8-4-7-22(19-24)11-15-29(36)27-9-5-18-34(27)30(37)10-6-17-33(2)3/h4,6-8,10,19-21,23,27H,5,9,11-18H2,1-3H3,(H,31,32)/b10-6+. The average Bonchev–Trinajstić information content (AvgIpc) is 3.42. The van der Waals surface area contributed by atoms with Gasteiger partial charge in [-0.1, -0.05) is 37.3 Å². The molecule has 1 aliphatic carbocycles. The minimum atomic E-state index is -0.330. The van der Waals surface area contributed by atoms with Gasteiger partial charge in [-0.25, -0.2) is 0 Å². The summed E-state index contributed by atoms with van der Waals surface area (Å²) in [5, 5.41) is 7.46. The molecule has 1 aromatic carbocycles. The van der Waals surface area contributed by atoms with Crippen LogP contribution in [0.15, 0.2) is 42.5 Å². The number of benzene rings is 1. The van der Waals surface area contributed by atoms with E-state index in [0.29, 0.717) is 44.7 Å². The van der Waals surface area contributed by atoms with E-state index in [2.05, 4.69) is 22.3 Å². The molecule has 2 fully saturated rings. The molecule has 37 heavy (non-hydrogen) atoms. The number of amides is 1. The van der Waals surface area contributed by atoms with Gasteiger partial charge in [-0.3, -0.25) is 19.5 Å². The molecule has 2 unspecified atom stereocenters. The maximum absolute atomic E-state index is 13.0. The summed E-state index contributed by atoms with van der Waals surface area (Å²) < 4.78 is 0. The van der Waals surface area contributed by atoms with Crippen molar-refractivity contribution in [1.29, 1.82) is 0 Å². The Morgan fingerprint density at radius 2 is 1.95 bits per heavy atom. The van der Waals surface area contributed by atoms with E-state index in [9.17, 15) is 14.4 Å². The molecular formula is C30H40N4O3. The summed E-state index contributed by atoms with van der Waals surface area (Å²) >= 11 is 0. The molecule has 2 aromatic rings. The highest BCUT2D eigenvalue weighted by atomic mass is 16.2. The lowest BCUT2D eigenvalue weighted by molar-refractivity contribution is -0.134. The summed E-state index contributed by atoms with van der Waals surface area (Å²) in [5.41, 5.74) is 4.20. The maximum atomic E-state index is 13.0. The Labute approximate surface area is 220 Å². The first-order valence-electron chi connectivity index (χ1n) is 13.6. The smallest absolute Gasteiger partial charge is 0.246 e. The van der Waals surface area contributed by atoms with E-state index in [-0.39, 0.29) is 29.4 Å². The lowest BCUT2D eigenvalue weighted by Gasteiger charge is -2.22. The number of nitrogens with one attached hydrogen (secondary N) is 1. The molecule has 2 aliphatic rings. The Morgan fingerprint density at radius 3 is 2.70 bits per heavy atom. The number of aromatic nitrogens is 2. The molecule has 1 N–H and O–H groups in total. The quantitative estimate of drug-likeness (QED) is 0.413. The first-order valence-corrected chi connectivity index (χ1v) is 13.6. The van der Waals surface area contributed by atoms with Gasteiger partial charge in [0, 0.05) is 49.5 Å². The van der Waals surface area contributed by atoms with E-state index in [4.69, 9.17) is 0 Å². The van der Waals surface area contributed by atoms with Crippen LogP contribution in [0.5, 0.6) is 0 Å². The fourth-order valence-corrected chi connectivity index (χ4v) is 5.03. The van der Waals surface area contributed by atoms with Gasteiger partial charge in [0.2, 0.25) is 5.91 Å². The van der Waals surface area contributed by atoms with Crippen LogP contribution >= 0.6 is 0 Å². The third kappa shape index (κ3) is 7.48. The molecule has 0 bridgehead atoms. The lowest BCUT2D eigenvalue weighted by atomic mass is 9.91. The molecule has 198 valence electrons. The normalized spacial score (nSPS) is 18.6. The molecule has 4 rings (SSSR count). The van der Waals surface area contributed by atoms with Crippen LogP contribution in [0.1, 0.15) is 79.8 Å². The number of aromatic amines is 1. The highest BCUT2D eigenvalue weighted by Gasteiger charge is 2.32. The fraction of sp³-hybridized carbons (Fsp3) is 0.533. The van der Waals surface area contributed by atoms with Gasteiger partial charge < -0.3 is 9.80 Å². The average molecular weight is 505 g/mol. The minimum absolute atomic E-state index is 0.0778. The minimum Gasteiger partial charge on any atom is -0.329 e. The van der Waals surface area contributed by atoms with Crippen molar-refractivity contribution in [2.75, 3.05) is 27.2 Å². The van der Waals surface area contributed by atoms with Crippen molar-refractivity contribution in [1.82, 2.24) is 20.0 Å². The third-order valence-corrected chi connectivity index (χ3v) is 7.52. The molecule has 2 heterocycles. The van der Waals surface area contributed by atoms with E-state index < -0.39 is 0 Å². The maximum Gasteiger partial charge on any atom is 0.246 e. The van der Waals surface area contributed by atoms with Crippen molar-refractivity contribution in [3.63, 3.8) is 0 Å². The van der Waals surface area contributed by atoms with Crippen LogP contribution in [0.2, 0.25) is 0 Å². The first-order chi connectivity index (χ1) is 17.8. The largest absolute Gasteiger partial charge is 0.329 e. The van der Waals surface area contributed by atoms with E-state index in [1.807, 2.05) is 50.2 Å². The van der Waals surface area contributed by atoms with E-state index >= 15 is 0 Å². The molecule has 1 amide bonds. The van der Waals surface area contributed by atoms with Gasteiger partial charge in [0.25, 0.3) is 0 Å². The van der Waals surface area contributed by atoms with Crippen molar-refractivity contribution in [3.05, 3.63) is 65.0 Å². The molecule has 1 aromatic heterocycles. The van der Waals surface area contributed by atoms with E-state index in [1.165, 1.54) is 12.8 Å². The fourth-order valence-electron chi connectivity index (χ4n) is 5.03. The second kappa shape index (κ2) is 12.5. The Kier molecular flexibility index (Phi) is 9.09. The van der Waals surface area contributed by atoms with Gasteiger partial charge in [0.1, 0.15) is 5.78 Å². The number of rotatable bonds is 13. The Hall–Kier alpha value is -3.06. The monoisotopic (exact) mass is 504 g/mol. The Morgan fingerprint density at radius 1 is 1.14 bits per heavy atom. The second-order valence-electron chi connectivity index (χ2n) is 10.8. The SMILES string of the molecule is CC(C(=O)CCc1cc(C2CC2)n[nH]1)c1cccc(CCC(=O)C2CCCN2C(=O)/C=C/CN(C)C)c1. The van der Waals surface area contributed by atoms with Crippen LogP contribution in [0.4, 0.5) is 0 Å². The summed E-state index contributed by atoms with van der Waals surface area (Å²) in [4.78, 5) is 42.2. The summed E-state index contributed by atoms with van der Waals surface area (Å²) in [6.07, 6.45) is 9.62. The number of carbonyl (C=O) groups is 3. The zero-order valence-electron chi connectivity index (χ0n) is 22.4. The van der Waals surface area contributed by atoms with Gasteiger partial charge in [-0.2, -0.15) is 5.10 Å². The molecule has 7 nitrogen and oxygen atoms in total. The van der Waals surface area contributed by atoms with Gasteiger partial charge in [0.05, 0.1) is 11.7 Å². The number of H-pyrrole nitrogens is 1. The number of hydrogen-bond acceptors (Lipinski definition) is 5. The number of carbonyl (C=O) groups excluding carboxylic acids is 3. The van der Waals surface area contributed by atoms with Crippen molar-refractivity contribution in [3.8, 4) is 0 Å². The topological polar surface area (TPSA) is 86.4 Å². The van der Waals surface area contributed by atoms with Crippen molar-refractivity contribution >= 4 is 17.5 Å². The number of hydrogen-bond donors (Lipinski definition) is 1. The Bertz CT molecular complexity index is 1130. The van der Waals surface area contributed by atoms with E-state index in [1.54, 1.807) is 11.0 Å². The number of likely N-dealkylation sites (N-methyl/N-ethyl adjacent to an activating group) is 1. The molecular weight excluding hydrogens is 464 g/mol. The van der Waals surface area contributed by atoms with Crippen LogP contribution in [-0.4, -0.2) is 70.7 Å². The second-order valence-corrected chi connectivity index (χ2v) is 10.8. The summed E-state index contributed by atoms with van der Waals surface area (Å²) in [6.45, 7) is 3.29. The zero-order chi connectivity index (χ0) is 26.4. The van der Waals surface area contributed by atoms with Crippen molar-refractivity contribution in [2.45, 2.75) is 76.2 Å². The lowest BCUT2D eigenvalue weighted by Crippen LogP contribution is -2.39. The van der Waals surface area contributed by atoms with Gasteiger partial charge in [-0.15, -0.1) is 0 Å². The Balaban J connectivity index is 1.27. The molecule has 0 radical (unpaired) electrons. The predicted octanol–water partition coefficient (Wildman–Crippen LogP) is 4.20. The van der Waals surface area contributed by atoms with Crippen molar-refractivity contribution in [2.24, 2.45) is 0 Å².